The van der Waals surface area contributed by atoms with Crippen molar-refractivity contribution in [3.63, 3.8) is 0 Å². The highest BCUT2D eigenvalue weighted by molar-refractivity contribution is 7.92. The Kier molecular flexibility index (Phi) is 13.6. The summed E-state index contributed by atoms with van der Waals surface area (Å²) < 4.78 is 41.7. The van der Waals surface area contributed by atoms with Gasteiger partial charge in [0, 0.05) is 42.9 Å². The third-order valence-corrected chi connectivity index (χ3v) is 10.9. The van der Waals surface area contributed by atoms with Crippen LogP contribution in [-0.2, 0) is 14.8 Å². The molecular formula is C35H52ClN3O6S. The van der Waals surface area contributed by atoms with Gasteiger partial charge in [0.1, 0.15) is 5.75 Å². The molecule has 0 bridgehead atoms. The fourth-order valence-corrected chi connectivity index (χ4v) is 7.64. The number of hydrogen-bond donors (Lipinski definition) is 2. The Hall–Kier alpha value is -2.37. The van der Waals surface area contributed by atoms with Gasteiger partial charge in [0.2, 0.25) is 0 Å². The van der Waals surface area contributed by atoms with Gasteiger partial charge >= 0.3 is 0 Å². The zero-order valence-electron chi connectivity index (χ0n) is 27.8. The van der Waals surface area contributed by atoms with Crippen molar-refractivity contribution in [3.8, 4) is 5.75 Å². The van der Waals surface area contributed by atoms with E-state index in [0.29, 0.717) is 29.8 Å². The maximum Gasteiger partial charge on any atom is 0.261 e. The second-order valence-corrected chi connectivity index (χ2v) is 15.4. The molecular weight excluding hydrogens is 626 g/mol. The number of nitrogens with zero attached hydrogens (tertiary/aromatic N) is 2. The molecule has 9 nitrogen and oxygen atoms in total. The quantitative estimate of drug-likeness (QED) is 0.314. The topological polar surface area (TPSA) is 108 Å². The number of anilines is 1. The minimum Gasteiger partial charge on any atom is -0.490 e. The molecule has 1 aliphatic heterocycles. The van der Waals surface area contributed by atoms with Crippen LogP contribution in [0.1, 0.15) is 82.5 Å². The minimum absolute atomic E-state index is 0.0235. The van der Waals surface area contributed by atoms with Crippen LogP contribution < -0.4 is 9.46 Å². The molecule has 1 amide bonds. The van der Waals surface area contributed by atoms with Crippen LogP contribution in [0, 0.1) is 11.8 Å². The molecule has 1 fully saturated rings. The standard InChI is InChI=1S/C35H52ClN3O6S/c1-25-21-39(26(2)24-40)35(41)32-20-30(37-46(42,43)31-16-13-29(36)14-17-31)15-18-33(32)45-27(3)10-8-9-19-44-34(25)23-38(4)22-28-11-6-5-7-12-28/h13-18,20,25-28,34,37,40H,5-12,19,21-24H2,1-4H3/t25-,26-,27+,34-/m1/s1. The SMILES string of the molecule is C[C@@H]1CN([C@H](C)CO)C(=O)c2cc(NS(=O)(=O)c3ccc(Cl)cc3)ccc2O[C@@H](C)CCCCO[C@@H]1CN(C)CC1CCCCC1. The van der Waals surface area contributed by atoms with Crippen molar-refractivity contribution >= 4 is 33.2 Å². The van der Waals surface area contributed by atoms with Crippen molar-refractivity contribution in [1.82, 2.24) is 9.80 Å². The van der Waals surface area contributed by atoms with Gasteiger partial charge in [0.25, 0.3) is 15.9 Å². The number of nitrogens with one attached hydrogen (secondary N) is 1. The first kappa shape index (κ1) is 36.5. The molecule has 0 spiro atoms. The highest BCUT2D eigenvalue weighted by Crippen LogP contribution is 2.30. The molecule has 2 aliphatic rings. The van der Waals surface area contributed by atoms with Gasteiger partial charge in [0.05, 0.1) is 35.3 Å². The van der Waals surface area contributed by atoms with E-state index in [9.17, 15) is 18.3 Å². The minimum atomic E-state index is -3.94. The lowest BCUT2D eigenvalue weighted by molar-refractivity contribution is -0.0190. The number of sulfonamides is 1. The van der Waals surface area contributed by atoms with Crippen LogP contribution in [0.2, 0.25) is 5.02 Å². The Bertz CT molecular complexity index is 1370. The van der Waals surface area contributed by atoms with Gasteiger partial charge in [-0.1, -0.05) is 37.8 Å². The second-order valence-electron chi connectivity index (χ2n) is 13.3. The molecule has 4 rings (SSSR count). The molecule has 256 valence electrons. The Balaban J connectivity index is 1.62. The number of aliphatic hydroxyl groups excluding tert-OH is 1. The molecule has 0 saturated heterocycles. The lowest BCUT2D eigenvalue weighted by Crippen LogP contribution is -2.47. The zero-order chi connectivity index (χ0) is 33.3. The number of fused-ring (bicyclic) bond motifs is 1. The average molecular weight is 678 g/mol. The molecule has 0 radical (unpaired) electrons. The Morgan fingerprint density at radius 1 is 1.02 bits per heavy atom. The van der Waals surface area contributed by atoms with E-state index in [4.69, 9.17) is 21.1 Å². The maximum atomic E-state index is 14.4. The van der Waals surface area contributed by atoms with E-state index < -0.39 is 16.1 Å². The highest BCUT2D eigenvalue weighted by Gasteiger charge is 2.31. The van der Waals surface area contributed by atoms with E-state index in [1.165, 1.54) is 62.4 Å². The summed E-state index contributed by atoms with van der Waals surface area (Å²) in [6, 6.07) is 10.2. The van der Waals surface area contributed by atoms with E-state index >= 15 is 0 Å². The predicted molar refractivity (Wildman–Crippen MR) is 183 cm³/mol. The van der Waals surface area contributed by atoms with Gasteiger partial charge in [-0.05, 0) is 101 Å². The monoisotopic (exact) mass is 677 g/mol. The maximum absolute atomic E-state index is 14.4. The number of benzene rings is 2. The third kappa shape index (κ3) is 10.3. The average Bonchev–Trinajstić information content (AvgIpc) is 3.03. The summed E-state index contributed by atoms with van der Waals surface area (Å²) in [5.41, 5.74) is 0.467. The Labute approximate surface area is 280 Å². The molecule has 0 aromatic heterocycles. The molecule has 11 heteroatoms. The number of rotatable bonds is 9. The molecule has 2 N–H and O–H groups in total. The summed E-state index contributed by atoms with van der Waals surface area (Å²) in [4.78, 5) is 18.5. The number of carbonyl (C=O) groups excluding carboxylic acids is 1. The number of amides is 1. The largest absolute Gasteiger partial charge is 0.490 e. The fourth-order valence-electron chi connectivity index (χ4n) is 6.47. The smallest absolute Gasteiger partial charge is 0.261 e. The summed E-state index contributed by atoms with van der Waals surface area (Å²) in [7, 11) is -1.78. The lowest BCUT2D eigenvalue weighted by Gasteiger charge is -2.36. The molecule has 0 unspecified atom stereocenters. The molecule has 4 atom stereocenters. The molecule has 46 heavy (non-hydrogen) atoms. The second kappa shape index (κ2) is 17.2. The van der Waals surface area contributed by atoms with Crippen LogP contribution >= 0.6 is 11.6 Å². The van der Waals surface area contributed by atoms with Crippen molar-refractivity contribution in [1.29, 1.82) is 0 Å². The van der Waals surface area contributed by atoms with Crippen LogP contribution in [0.4, 0.5) is 5.69 Å². The lowest BCUT2D eigenvalue weighted by atomic mass is 9.89. The fraction of sp³-hybridized carbons (Fsp3) is 0.629. The highest BCUT2D eigenvalue weighted by atomic mass is 35.5. The van der Waals surface area contributed by atoms with E-state index in [0.717, 1.165) is 32.4 Å². The number of aliphatic hydroxyl groups is 1. The first-order valence-corrected chi connectivity index (χ1v) is 18.6. The van der Waals surface area contributed by atoms with Gasteiger partial charge in [-0.3, -0.25) is 9.52 Å². The molecule has 1 heterocycles. The van der Waals surface area contributed by atoms with E-state index in [2.05, 4.69) is 23.6 Å². The van der Waals surface area contributed by atoms with E-state index in [-0.39, 0.29) is 46.8 Å². The first-order chi connectivity index (χ1) is 22.0. The van der Waals surface area contributed by atoms with Crippen molar-refractivity contribution in [2.75, 3.05) is 44.6 Å². The van der Waals surface area contributed by atoms with Gasteiger partial charge in [-0.2, -0.15) is 0 Å². The molecule has 1 aliphatic carbocycles. The van der Waals surface area contributed by atoms with Crippen LogP contribution in [0.15, 0.2) is 47.4 Å². The van der Waals surface area contributed by atoms with Crippen LogP contribution in [0.3, 0.4) is 0 Å². The third-order valence-electron chi connectivity index (χ3n) is 9.21. The van der Waals surface area contributed by atoms with Crippen molar-refractivity contribution < 1.29 is 27.8 Å². The summed E-state index contributed by atoms with van der Waals surface area (Å²) in [5, 5.41) is 10.7. The van der Waals surface area contributed by atoms with Gasteiger partial charge in [-0.15, -0.1) is 0 Å². The molecule has 2 aromatic rings. The summed E-state index contributed by atoms with van der Waals surface area (Å²) >= 11 is 5.96. The van der Waals surface area contributed by atoms with E-state index in [1.807, 2.05) is 13.8 Å². The summed E-state index contributed by atoms with van der Waals surface area (Å²) in [6.07, 6.45) is 8.82. The van der Waals surface area contributed by atoms with Gasteiger partial charge in [-0.25, -0.2) is 8.42 Å². The van der Waals surface area contributed by atoms with E-state index in [1.54, 1.807) is 17.0 Å². The Morgan fingerprint density at radius 3 is 2.41 bits per heavy atom. The van der Waals surface area contributed by atoms with Crippen molar-refractivity contribution in [2.24, 2.45) is 11.8 Å². The van der Waals surface area contributed by atoms with Crippen molar-refractivity contribution in [3.05, 3.63) is 53.1 Å². The van der Waals surface area contributed by atoms with Crippen LogP contribution in [-0.4, -0.2) is 87.4 Å². The van der Waals surface area contributed by atoms with Gasteiger partial charge < -0.3 is 24.4 Å². The number of halogens is 1. The summed E-state index contributed by atoms with van der Waals surface area (Å²) in [6.45, 7) is 8.46. The molecule has 1 saturated carbocycles. The number of ether oxygens (including phenoxy) is 2. The number of hydrogen-bond acceptors (Lipinski definition) is 7. The van der Waals surface area contributed by atoms with Gasteiger partial charge in [0.15, 0.2) is 0 Å². The van der Waals surface area contributed by atoms with Crippen LogP contribution in [0.5, 0.6) is 5.75 Å². The molecule has 2 aromatic carbocycles. The zero-order valence-corrected chi connectivity index (χ0v) is 29.4. The number of likely N-dealkylation sites (N-methyl/N-ethyl adjacent to an activating group) is 1. The normalized spacial score (nSPS) is 23.3. The summed E-state index contributed by atoms with van der Waals surface area (Å²) in [5.74, 6) is 0.732. The first-order valence-electron chi connectivity index (χ1n) is 16.8. The predicted octanol–water partition coefficient (Wildman–Crippen LogP) is 6.45. The number of carbonyl (C=O) groups is 1. The van der Waals surface area contributed by atoms with Crippen molar-refractivity contribution in [2.45, 2.75) is 95.3 Å². The van der Waals surface area contributed by atoms with Crippen LogP contribution in [0.25, 0.3) is 0 Å². The Morgan fingerprint density at radius 2 is 1.72 bits per heavy atom.